The molecule has 1 aliphatic heterocycles. The molecule has 0 aliphatic carbocycles. The molecule has 172 valence electrons. The van der Waals surface area contributed by atoms with Crippen molar-refractivity contribution in [1.82, 2.24) is 9.80 Å². The molecule has 0 unspecified atom stereocenters. The van der Waals surface area contributed by atoms with Gasteiger partial charge in [-0.05, 0) is 47.8 Å². The van der Waals surface area contributed by atoms with E-state index in [0.29, 0.717) is 29.2 Å². The van der Waals surface area contributed by atoms with Crippen LogP contribution in [0, 0.1) is 0 Å². The summed E-state index contributed by atoms with van der Waals surface area (Å²) >= 11 is 1.78. The molecule has 2 N–H and O–H groups in total. The van der Waals surface area contributed by atoms with E-state index in [2.05, 4.69) is 37.9 Å². The van der Waals surface area contributed by atoms with Gasteiger partial charge in [0, 0.05) is 48.9 Å². The molecule has 1 saturated heterocycles. The van der Waals surface area contributed by atoms with E-state index >= 15 is 0 Å². The van der Waals surface area contributed by atoms with Crippen molar-refractivity contribution in [1.29, 1.82) is 0 Å². The number of nitrogens with one attached hydrogen (secondary N) is 2. The second-order valence-corrected chi connectivity index (χ2v) is 8.94. The third-order valence-corrected chi connectivity index (χ3v) is 6.44. The summed E-state index contributed by atoms with van der Waals surface area (Å²) < 4.78 is 5.27. The fourth-order valence-corrected chi connectivity index (χ4v) is 4.53. The van der Waals surface area contributed by atoms with Gasteiger partial charge in [-0.1, -0.05) is 18.2 Å². The van der Waals surface area contributed by atoms with Crippen molar-refractivity contribution in [2.24, 2.45) is 0 Å². The zero-order chi connectivity index (χ0) is 23.0. The molecular weight excluding hydrogens is 436 g/mol. The van der Waals surface area contributed by atoms with Gasteiger partial charge in [0.25, 0.3) is 5.91 Å². The Kier molecular flexibility index (Phi) is 7.72. The summed E-state index contributed by atoms with van der Waals surface area (Å²) in [5, 5.41) is 7.88. The monoisotopic (exact) mass is 464 g/mol. The number of para-hydroxylation sites is 2. The zero-order valence-electron chi connectivity index (χ0n) is 18.6. The quantitative estimate of drug-likeness (QED) is 0.531. The molecule has 2 amide bonds. The third-order valence-electron chi connectivity index (χ3n) is 5.58. The molecule has 1 aliphatic rings. The van der Waals surface area contributed by atoms with Gasteiger partial charge in [-0.3, -0.25) is 19.4 Å². The van der Waals surface area contributed by atoms with Crippen molar-refractivity contribution in [3.8, 4) is 5.75 Å². The van der Waals surface area contributed by atoms with Crippen LogP contribution >= 0.6 is 11.3 Å². The maximum Gasteiger partial charge on any atom is 0.255 e. The van der Waals surface area contributed by atoms with Crippen LogP contribution < -0.4 is 15.4 Å². The van der Waals surface area contributed by atoms with Gasteiger partial charge in [0.1, 0.15) is 5.75 Å². The summed E-state index contributed by atoms with van der Waals surface area (Å²) in [7, 11) is 1.56. The van der Waals surface area contributed by atoms with E-state index in [1.807, 2.05) is 12.1 Å². The average Bonchev–Trinajstić information content (AvgIpc) is 3.34. The van der Waals surface area contributed by atoms with Crippen LogP contribution in [0.1, 0.15) is 15.2 Å². The number of nitrogens with zero attached hydrogens (tertiary/aromatic N) is 2. The van der Waals surface area contributed by atoms with E-state index in [9.17, 15) is 9.59 Å². The molecule has 7 nitrogen and oxygen atoms in total. The van der Waals surface area contributed by atoms with Crippen LogP contribution in [0.25, 0.3) is 0 Å². The Morgan fingerprint density at radius 2 is 1.64 bits per heavy atom. The maximum atomic E-state index is 12.5. The lowest BCUT2D eigenvalue weighted by molar-refractivity contribution is -0.117. The van der Waals surface area contributed by atoms with Gasteiger partial charge in [0.2, 0.25) is 5.91 Å². The SMILES string of the molecule is COc1ccccc1NC(=O)c1ccc(NC(=O)CN2CCN(Cc3cccs3)CC2)cc1. The fraction of sp³-hybridized carbons (Fsp3) is 0.280. The van der Waals surface area contributed by atoms with E-state index < -0.39 is 0 Å². The summed E-state index contributed by atoms with van der Waals surface area (Å²) in [6, 6.07) is 18.4. The standard InChI is InChI=1S/C25H28N4O3S/c1-32-23-7-3-2-6-22(23)27-25(31)19-8-10-20(11-9-19)26-24(30)18-29-14-12-28(13-15-29)17-21-5-4-16-33-21/h2-11,16H,12-15,17-18H2,1H3,(H,26,30)(H,27,31). The number of thiophene rings is 1. The maximum absolute atomic E-state index is 12.5. The predicted octanol–water partition coefficient (Wildman–Crippen LogP) is 3.77. The molecule has 2 aromatic carbocycles. The number of amides is 2. The van der Waals surface area contributed by atoms with Gasteiger partial charge < -0.3 is 15.4 Å². The minimum Gasteiger partial charge on any atom is -0.495 e. The van der Waals surface area contributed by atoms with E-state index in [0.717, 1.165) is 32.7 Å². The molecule has 3 aromatic rings. The smallest absolute Gasteiger partial charge is 0.255 e. The Morgan fingerprint density at radius 1 is 0.909 bits per heavy atom. The van der Waals surface area contributed by atoms with Gasteiger partial charge in [0.05, 0.1) is 19.3 Å². The zero-order valence-corrected chi connectivity index (χ0v) is 19.4. The molecule has 33 heavy (non-hydrogen) atoms. The minimum absolute atomic E-state index is 0.0482. The molecule has 0 bridgehead atoms. The third kappa shape index (κ3) is 6.41. The second-order valence-electron chi connectivity index (χ2n) is 7.91. The first-order valence-corrected chi connectivity index (χ1v) is 11.8. The van der Waals surface area contributed by atoms with Gasteiger partial charge in [-0.25, -0.2) is 0 Å². The largest absolute Gasteiger partial charge is 0.495 e. The number of ether oxygens (including phenoxy) is 1. The highest BCUT2D eigenvalue weighted by molar-refractivity contribution is 7.09. The summed E-state index contributed by atoms with van der Waals surface area (Å²) in [5.74, 6) is 0.313. The Labute approximate surface area is 198 Å². The minimum atomic E-state index is -0.238. The highest BCUT2D eigenvalue weighted by atomic mass is 32.1. The van der Waals surface area contributed by atoms with E-state index in [-0.39, 0.29) is 11.8 Å². The Morgan fingerprint density at radius 3 is 2.33 bits per heavy atom. The second kappa shape index (κ2) is 11.1. The number of carbonyl (C=O) groups is 2. The predicted molar refractivity (Wildman–Crippen MR) is 132 cm³/mol. The van der Waals surface area contributed by atoms with Crippen molar-refractivity contribution in [3.05, 3.63) is 76.5 Å². The number of hydrogen-bond donors (Lipinski definition) is 2. The van der Waals surface area contributed by atoms with E-state index in [4.69, 9.17) is 4.74 Å². The fourth-order valence-electron chi connectivity index (χ4n) is 3.78. The van der Waals surface area contributed by atoms with Crippen molar-refractivity contribution in [2.75, 3.05) is 50.5 Å². The van der Waals surface area contributed by atoms with E-state index in [1.165, 1.54) is 4.88 Å². The first-order chi connectivity index (χ1) is 16.1. The number of rotatable bonds is 8. The topological polar surface area (TPSA) is 73.9 Å². The van der Waals surface area contributed by atoms with Crippen LogP contribution in [0.4, 0.5) is 11.4 Å². The van der Waals surface area contributed by atoms with Crippen LogP contribution in [-0.2, 0) is 11.3 Å². The number of anilines is 2. The van der Waals surface area contributed by atoms with Crippen molar-refractivity contribution in [2.45, 2.75) is 6.54 Å². The number of piperazine rings is 1. The number of carbonyl (C=O) groups excluding carboxylic acids is 2. The molecule has 2 heterocycles. The molecule has 0 atom stereocenters. The van der Waals surface area contributed by atoms with Crippen LogP contribution in [0.2, 0.25) is 0 Å². The van der Waals surface area contributed by atoms with Gasteiger partial charge in [-0.2, -0.15) is 0 Å². The molecule has 1 aromatic heterocycles. The van der Waals surface area contributed by atoms with E-state index in [1.54, 1.807) is 54.8 Å². The lowest BCUT2D eigenvalue weighted by atomic mass is 10.2. The molecule has 0 radical (unpaired) electrons. The van der Waals surface area contributed by atoms with Crippen LogP contribution in [0.3, 0.4) is 0 Å². The van der Waals surface area contributed by atoms with Crippen LogP contribution in [0.15, 0.2) is 66.0 Å². The van der Waals surface area contributed by atoms with Crippen LogP contribution in [-0.4, -0.2) is 61.4 Å². The number of methoxy groups -OCH3 is 1. The molecular formula is C25H28N4O3S. The first kappa shape index (κ1) is 23.0. The summed E-state index contributed by atoms with van der Waals surface area (Å²) in [6.07, 6.45) is 0. The number of benzene rings is 2. The molecule has 8 heteroatoms. The normalized spacial score (nSPS) is 14.6. The van der Waals surface area contributed by atoms with Gasteiger partial charge in [-0.15, -0.1) is 11.3 Å². The van der Waals surface area contributed by atoms with Gasteiger partial charge >= 0.3 is 0 Å². The van der Waals surface area contributed by atoms with Crippen molar-refractivity contribution in [3.63, 3.8) is 0 Å². The van der Waals surface area contributed by atoms with Crippen LogP contribution in [0.5, 0.6) is 5.75 Å². The Hall–Kier alpha value is -3.20. The molecule has 4 rings (SSSR count). The molecule has 0 saturated carbocycles. The lowest BCUT2D eigenvalue weighted by Crippen LogP contribution is -2.48. The summed E-state index contributed by atoms with van der Waals surface area (Å²) in [4.78, 5) is 31.0. The highest BCUT2D eigenvalue weighted by Gasteiger charge is 2.19. The van der Waals surface area contributed by atoms with Crippen molar-refractivity contribution >= 4 is 34.5 Å². The molecule has 1 fully saturated rings. The van der Waals surface area contributed by atoms with Crippen molar-refractivity contribution < 1.29 is 14.3 Å². The van der Waals surface area contributed by atoms with Gasteiger partial charge in [0.15, 0.2) is 0 Å². The highest BCUT2D eigenvalue weighted by Crippen LogP contribution is 2.24. The first-order valence-electron chi connectivity index (χ1n) is 10.9. The summed E-state index contributed by atoms with van der Waals surface area (Å²) in [6.45, 7) is 5.02. The Balaban J connectivity index is 1.23. The summed E-state index contributed by atoms with van der Waals surface area (Å²) in [5.41, 5.74) is 1.78. The lowest BCUT2D eigenvalue weighted by Gasteiger charge is -2.34. The number of hydrogen-bond acceptors (Lipinski definition) is 6. The Bertz CT molecular complexity index is 1060. The average molecular weight is 465 g/mol. The molecule has 0 spiro atoms.